The van der Waals surface area contributed by atoms with E-state index in [4.69, 9.17) is 11.6 Å². The second kappa shape index (κ2) is 5.86. The molecule has 2 amide bonds. The summed E-state index contributed by atoms with van der Waals surface area (Å²) in [5, 5.41) is 8.09. The largest absolute Gasteiger partial charge is 0.355 e. The molecule has 4 nitrogen and oxygen atoms in total. The number of rotatable bonds is 3. The number of carbonyl (C=O) groups is 2. The van der Waals surface area contributed by atoms with E-state index in [-0.39, 0.29) is 11.8 Å². The van der Waals surface area contributed by atoms with Gasteiger partial charge >= 0.3 is 0 Å². The van der Waals surface area contributed by atoms with Crippen LogP contribution in [0.3, 0.4) is 0 Å². The van der Waals surface area contributed by atoms with Crippen LogP contribution in [0.25, 0.3) is 0 Å². The summed E-state index contributed by atoms with van der Waals surface area (Å²) in [5.41, 5.74) is 0.940. The molecule has 19 heavy (non-hydrogen) atoms. The number of hydrogen-bond donors (Lipinski definition) is 2. The number of carbonyl (C=O) groups excluding carboxylic acids is 2. The van der Waals surface area contributed by atoms with Gasteiger partial charge in [-0.2, -0.15) is 0 Å². The highest BCUT2D eigenvalue weighted by atomic mass is 35.5. The van der Waals surface area contributed by atoms with Crippen molar-refractivity contribution in [3.8, 4) is 0 Å². The first kappa shape index (κ1) is 13.6. The van der Waals surface area contributed by atoms with Crippen molar-refractivity contribution in [2.75, 3.05) is 12.4 Å². The Kier molecular flexibility index (Phi) is 4.19. The first-order valence-corrected chi connectivity index (χ1v) is 6.74. The fraction of sp³-hybridized carbons (Fsp3) is 0.0769. The quantitative estimate of drug-likeness (QED) is 0.914. The van der Waals surface area contributed by atoms with Gasteiger partial charge < -0.3 is 10.6 Å². The summed E-state index contributed by atoms with van der Waals surface area (Å²) in [5.74, 6) is -0.503. The molecule has 2 aromatic rings. The Morgan fingerprint density at radius 2 is 1.79 bits per heavy atom. The maximum absolute atomic E-state index is 12.0. The van der Waals surface area contributed by atoms with Gasteiger partial charge in [0.2, 0.25) is 0 Å². The Hall–Kier alpha value is -1.85. The Bertz CT molecular complexity index is 607. The Balaban J connectivity index is 2.17. The number of benzene rings is 1. The Labute approximate surface area is 119 Å². The molecule has 0 bridgehead atoms. The van der Waals surface area contributed by atoms with E-state index in [0.29, 0.717) is 21.2 Å². The van der Waals surface area contributed by atoms with Crippen molar-refractivity contribution in [2.45, 2.75) is 0 Å². The zero-order valence-electron chi connectivity index (χ0n) is 10.1. The van der Waals surface area contributed by atoms with Crippen LogP contribution in [0.15, 0.2) is 35.7 Å². The van der Waals surface area contributed by atoms with Crippen LogP contribution < -0.4 is 10.6 Å². The molecule has 2 N–H and O–H groups in total. The van der Waals surface area contributed by atoms with Crippen LogP contribution in [0, 0.1) is 0 Å². The lowest BCUT2D eigenvalue weighted by Crippen LogP contribution is -2.20. The third-order valence-corrected chi connectivity index (χ3v) is 3.55. The molecule has 0 atom stereocenters. The summed E-state index contributed by atoms with van der Waals surface area (Å²) in [6.45, 7) is 0. The van der Waals surface area contributed by atoms with Crippen LogP contribution >= 0.6 is 22.9 Å². The molecule has 0 radical (unpaired) electrons. The summed E-state index contributed by atoms with van der Waals surface area (Å²) in [6.07, 6.45) is 0. The third-order valence-electron chi connectivity index (χ3n) is 2.47. The molecule has 0 aliphatic heterocycles. The van der Waals surface area contributed by atoms with Crippen LogP contribution in [-0.2, 0) is 0 Å². The first-order valence-electron chi connectivity index (χ1n) is 5.48. The summed E-state index contributed by atoms with van der Waals surface area (Å²) in [7, 11) is 1.55. The minimum absolute atomic E-state index is 0.229. The number of nitrogens with one attached hydrogen (secondary N) is 2. The summed E-state index contributed by atoms with van der Waals surface area (Å²) in [6, 6.07) is 8.21. The number of hydrogen-bond acceptors (Lipinski definition) is 3. The zero-order chi connectivity index (χ0) is 13.8. The van der Waals surface area contributed by atoms with Gasteiger partial charge in [0.1, 0.15) is 5.00 Å². The fourth-order valence-corrected chi connectivity index (χ4v) is 2.40. The van der Waals surface area contributed by atoms with Gasteiger partial charge in [0, 0.05) is 17.6 Å². The predicted molar refractivity (Wildman–Crippen MR) is 77.1 cm³/mol. The first-order chi connectivity index (χ1) is 9.11. The molecule has 0 fully saturated rings. The minimum Gasteiger partial charge on any atom is -0.355 e. The van der Waals surface area contributed by atoms with Gasteiger partial charge in [0.15, 0.2) is 0 Å². The standard InChI is InChI=1S/C13H11ClN2O2S/c1-15-12(18)10-6-7-19-13(10)16-11(17)8-2-4-9(14)5-3-8/h2-7H,1H3,(H,15,18)(H,16,17). The summed E-state index contributed by atoms with van der Waals surface area (Å²) >= 11 is 7.06. The van der Waals surface area contributed by atoms with E-state index in [1.807, 2.05) is 0 Å². The lowest BCUT2D eigenvalue weighted by molar-refractivity contribution is 0.0964. The molecule has 0 aliphatic carbocycles. The highest BCUT2D eigenvalue weighted by Gasteiger charge is 2.14. The average molecular weight is 295 g/mol. The van der Waals surface area contributed by atoms with Crippen molar-refractivity contribution in [1.29, 1.82) is 0 Å². The maximum Gasteiger partial charge on any atom is 0.256 e. The Morgan fingerprint density at radius 3 is 2.42 bits per heavy atom. The fourth-order valence-electron chi connectivity index (χ4n) is 1.50. The van der Waals surface area contributed by atoms with E-state index in [2.05, 4.69) is 10.6 Å². The van der Waals surface area contributed by atoms with E-state index in [1.165, 1.54) is 11.3 Å². The lowest BCUT2D eigenvalue weighted by Gasteiger charge is -2.05. The van der Waals surface area contributed by atoms with Crippen molar-refractivity contribution in [2.24, 2.45) is 0 Å². The van der Waals surface area contributed by atoms with Crippen LogP contribution in [0.4, 0.5) is 5.00 Å². The van der Waals surface area contributed by atoms with E-state index in [9.17, 15) is 9.59 Å². The number of halogens is 1. The zero-order valence-corrected chi connectivity index (χ0v) is 11.6. The molecule has 2 rings (SSSR count). The van der Waals surface area contributed by atoms with Crippen molar-refractivity contribution in [1.82, 2.24) is 5.32 Å². The number of amides is 2. The smallest absolute Gasteiger partial charge is 0.256 e. The van der Waals surface area contributed by atoms with E-state index in [1.54, 1.807) is 42.8 Å². The third kappa shape index (κ3) is 3.13. The van der Waals surface area contributed by atoms with Crippen molar-refractivity contribution >= 4 is 39.8 Å². The van der Waals surface area contributed by atoms with Crippen LogP contribution in [0.1, 0.15) is 20.7 Å². The van der Waals surface area contributed by atoms with Crippen LogP contribution in [0.5, 0.6) is 0 Å². The van der Waals surface area contributed by atoms with Gasteiger partial charge in [-0.05, 0) is 35.7 Å². The highest BCUT2D eigenvalue weighted by molar-refractivity contribution is 7.14. The second-order valence-electron chi connectivity index (χ2n) is 3.70. The van der Waals surface area contributed by atoms with Gasteiger partial charge in [-0.15, -0.1) is 11.3 Å². The summed E-state index contributed by atoms with van der Waals surface area (Å²) in [4.78, 5) is 23.6. The van der Waals surface area contributed by atoms with Crippen molar-refractivity contribution < 1.29 is 9.59 Å². The number of thiophene rings is 1. The molecule has 6 heteroatoms. The van der Waals surface area contributed by atoms with Crippen LogP contribution in [0.2, 0.25) is 5.02 Å². The number of anilines is 1. The van der Waals surface area contributed by atoms with Gasteiger partial charge in [-0.25, -0.2) is 0 Å². The van der Waals surface area contributed by atoms with Crippen molar-refractivity contribution in [3.63, 3.8) is 0 Å². The van der Waals surface area contributed by atoms with Gasteiger partial charge in [0.25, 0.3) is 11.8 Å². The van der Waals surface area contributed by atoms with Gasteiger partial charge in [0.05, 0.1) is 5.56 Å². The van der Waals surface area contributed by atoms with E-state index >= 15 is 0 Å². The molecule has 0 unspecified atom stereocenters. The van der Waals surface area contributed by atoms with Crippen LogP contribution in [-0.4, -0.2) is 18.9 Å². The highest BCUT2D eigenvalue weighted by Crippen LogP contribution is 2.24. The molecule has 98 valence electrons. The van der Waals surface area contributed by atoms with E-state index in [0.717, 1.165) is 0 Å². The molecule has 1 heterocycles. The molecule has 0 saturated carbocycles. The maximum atomic E-state index is 12.0. The molecular weight excluding hydrogens is 284 g/mol. The topological polar surface area (TPSA) is 58.2 Å². The molecule has 0 saturated heterocycles. The Morgan fingerprint density at radius 1 is 1.11 bits per heavy atom. The van der Waals surface area contributed by atoms with E-state index < -0.39 is 0 Å². The monoisotopic (exact) mass is 294 g/mol. The molecule has 1 aromatic heterocycles. The average Bonchev–Trinajstić information content (AvgIpc) is 2.86. The lowest BCUT2D eigenvalue weighted by atomic mass is 10.2. The molecule has 0 spiro atoms. The summed E-state index contributed by atoms with van der Waals surface area (Å²) < 4.78 is 0. The molecule has 0 aliphatic rings. The SMILES string of the molecule is CNC(=O)c1ccsc1NC(=O)c1ccc(Cl)cc1. The van der Waals surface area contributed by atoms with Gasteiger partial charge in [-0.1, -0.05) is 11.6 Å². The predicted octanol–water partition coefficient (Wildman–Crippen LogP) is 3.01. The minimum atomic E-state index is -0.274. The van der Waals surface area contributed by atoms with Crippen molar-refractivity contribution in [3.05, 3.63) is 51.9 Å². The molecule has 1 aromatic carbocycles. The van der Waals surface area contributed by atoms with Gasteiger partial charge in [-0.3, -0.25) is 9.59 Å². The normalized spacial score (nSPS) is 10.0. The molecular formula is C13H11ClN2O2S. The second-order valence-corrected chi connectivity index (χ2v) is 5.06.